The molecular weight excluding hydrogens is 416 g/mol. The number of halogens is 1. The van der Waals surface area contributed by atoms with Gasteiger partial charge < -0.3 is 10.4 Å². The minimum absolute atomic E-state index is 0.185. The summed E-state index contributed by atoms with van der Waals surface area (Å²) in [6.45, 7) is 12.4. The highest BCUT2D eigenvalue weighted by atomic mass is 35.5. The van der Waals surface area contributed by atoms with Gasteiger partial charge in [-0.25, -0.2) is 4.99 Å². The topological polar surface area (TPSA) is 61.7 Å². The quantitative estimate of drug-likeness (QED) is 0.519. The first-order chi connectivity index (χ1) is 13.8. The smallest absolute Gasteiger partial charge is 0.264 e. The van der Waals surface area contributed by atoms with Crippen LogP contribution in [0.1, 0.15) is 58.2 Å². The highest BCUT2D eigenvalue weighted by Gasteiger charge is 2.28. The monoisotopic (exact) mass is 442 g/mol. The number of phenols is 1. The van der Waals surface area contributed by atoms with E-state index in [2.05, 4.69) is 51.9 Å². The Bertz CT molecular complexity index is 1010. The Hall–Kier alpha value is -2.24. The molecule has 0 aliphatic carbocycles. The standard InChI is InChI=1S/C24H27ClN2O2S/c1-23(2,3)17-11-14(12-18(20(17)28)24(4,5)6)13-19-21(29)27-22(30-19)26-16-9-7-15(25)8-10-16/h7-13,28H,1-6H3,(H,26,27,29)/b19-13-. The minimum atomic E-state index is -0.231. The lowest BCUT2D eigenvalue weighted by Crippen LogP contribution is -2.19. The summed E-state index contributed by atoms with van der Waals surface area (Å²) in [4.78, 5) is 17.6. The second kappa shape index (κ2) is 8.12. The number of carbonyl (C=O) groups excluding carboxylic acids is 1. The first-order valence-corrected chi connectivity index (χ1v) is 11.0. The fourth-order valence-electron chi connectivity index (χ4n) is 3.15. The van der Waals surface area contributed by atoms with E-state index < -0.39 is 0 Å². The number of aromatic hydroxyl groups is 1. The van der Waals surface area contributed by atoms with Gasteiger partial charge in [0.25, 0.3) is 5.91 Å². The number of carbonyl (C=O) groups is 1. The molecule has 0 spiro atoms. The Balaban J connectivity index is 2.00. The maximum atomic E-state index is 12.5. The molecule has 2 aromatic rings. The van der Waals surface area contributed by atoms with Crippen molar-refractivity contribution < 1.29 is 9.90 Å². The molecule has 4 nitrogen and oxygen atoms in total. The zero-order valence-corrected chi connectivity index (χ0v) is 19.7. The van der Waals surface area contributed by atoms with E-state index >= 15 is 0 Å². The van der Waals surface area contributed by atoms with Gasteiger partial charge in [0.2, 0.25) is 0 Å². The number of benzene rings is 2. The van der Waals surface area contributed by atoms with Crippen molar-refractivity contribution in [2.24, 2.45) is 4.99 Å². The van der Waals surface area contributed by atoms with Gasteiger partial charge in [0.05, 0.1) is 10.6 Å². The number of aliphatic imine (C=N–C) groups is 1. The van der Waals surface area contributed by atoms with Crippen molar-refractivity contribution in [3.8, 4) is 5.75 Å². The predicted octanol–water partition coefficient (Wildman–Crippen LogP) is 6.53. The van der Waals surface area contributed by atoms with Gasteiger partial charge in [0.15, 0.2) is 5.17 Å². The molecular formula is C24H27ClN2O2S. The molecule has 0 saturated carbocycles. The maximum absolute atomic E-state index is 12.5. The minimum Gasteiger partial charge on any atom is -0.507 e. The Labute approximate surface area is 187 Å². The number of nitrogens with zero attached hydrogens (tertiary/aromatic N) is 1. The molecule has 0 aromatic heterocycles. The highest BCUT2D eigenvalue weighted by molar-refractivity contribution is 8.18. The third-order valence-corrected chi connectivity index (χ3v) is 5.92. The van der Waals surface area contributed by atoms with Crippen LogP contribution in [-0.4, -0.2) is 16.2 Å². The highest BCUT2D eigenvalue weighted by Crippen LogP contribution is 2.40. The van der Waals surface area contributed by atoms with Crippen LogP contribution in [0.2, 0.25) is 5.02 Å². The van der Waals surface area contributed by atoms with Crippen molar-refractivity contribution >= 4 is 46.2 Å². The zero-order chi connectivity index (χ0) is 22.3. The first-order valence-electron chi connectivity index (χ1n) is 9.78. The van der Waals surface area contributed by atoms with Gasteiger partial charge in [0.1, 0.15) is 5.75 Å². The molecule has 0 radical (unpaired) electrons. The van der Waals surface area contributed by atoms with E-state index in [0.717, 1.165) is 22.4 Å². The van der Waals surface area contributed by atoms with E-state index in [9.17, 15) is 9.90 Å². The van der Waals surface area contributed by atoms with Gasteiger partial charge in [-0.15, -0.1) is 0 Å². The molecule has 0 unspecified atom stereocenters. The van der Waals surface area contributed by atoms with E-state index in [1.54, 1.807) is 24.3 Å². The molecule has 0 bridgehead atoms. The van der Waals surface area contributed by atoms with Crippen LogP contribution in [0.3, 0.4) is 0 Å². The lowest BCUT2D eigenvalue weighted by molar-refractivity contribution is -0.115. The van der Waals surface area contributed by atoms with Crippen molar-refractivity contribution in [3.63, 3.8) is 0 Å². The zero-order valence-electron chi connectivity index (χ0n) is 18.1. The van der Waals surface area contributed by atoms with E-state index in [4.69, 9.17) is 11.6 Å². The third-order valence-electron chi connectivity index (χ3n) is 4.75. The maximum Gasteiger partial charge on any atom is 0.264 e. The molecule has 1 amide bonds. The van der Waals surface area contributed by atoms with Crippen molar-refractivity contribution in [1.82, 2.24) is 5.32 Å². The Morgan fingerprint density at radius 3 is 2.03 bits per heavy atom. The lowest BCUT2D eigenvalue weighted by atomic mass is 9.78. The number of rotatable bonds is 2. The fraction of sp³-hybridized carbons (Fsp3) is 0.333. The molecule has 1 aliphatic heterocycles. The average molecular weight is 443 g/mol. The number of phenolic OH excluding ortho intramolecular Hbond substituents is 1. The van der Waals surface area contributed by atoms with Crippen LogP contribution in [0.4, 0.5) is 5.69 Å². The van der Waals surface area contributed by atoms with Crippen LogP contribution in [0.5, 0.6) is 5.75 Å². The third kappa shape index (κ3) is 5.08. The summed E-state index contributed by atoms with van der Waals surface area (Å²) in [7, 11) is 0. The number of nitrogens with one attached hydrogen (secondary N) is 1. The number of amides is 1. The van der Waals surface area contributed by atoms with Crippen molar-refractivity contribution in [3.05, 3.63) is 63.0 Å². The van der Waals surface area contributed by atoms with Gasteiger partial charge in [0, 0.05) is 16.1 Å². The lowest BCUT2D eigenvalue weighted by Gasteiger charge is -2.28. The van der Waals surface area contributed by atoms with Gasteiger partial charge in [-0.05, 0) is 70.6 Å². The molecule has 0 atom stereocenters. The largest absolute Gasteiger partial charge is 0.507 e. The summed E-state index contributed by atoms with van der Waals surface area (Å²) in [5, 5.41) is 14.9. The normalized spacial score (nSPS) is 17.6. The van der Waals surface area contributed by atoms with Gasteiger partial charge in [-0.2, -0.15) is 0 Å². The first kappa shape index (κ1) is 22.4. The van der Waals surface area contributed by atoms with Crippen molar-refractivity contribution in [2.45, 2.75) is 52.4 Å². The molecule has 3 rings (SSSR count). The summed E-state index contributed by atoms with van der Waals surface area (Å²) in [5.41, 5.74) is 2.86. The summed E-state index contributed by atoms with van der Waals surface area (Å²) in [6.07, 6.45) is 1.86. The van der Waals surface area contributed by atoms with Crippen LogP contribution in [0.15, 0.2) is 46.3 Å². The molecule has 30 heavy (non-hydrogen) atoms. The van der Waals surface area contributed by atoms with Crippen molar-refractivity contribution in [1.29, 1.82) is 0 Å². The molecule has 1 saturated heterocycles. The van der Waals surface area contributed by atoms with E-state index in [1.165, 1.54) is 11.8 Å². The molecule has 158 valence electrons. The van der Waals surface area contributed by atoms with Crippen LogP contribution in [0, 0.1) is 0 Å². The second-order valence-corrected chi connectivity index (χ2v) is 10.9. The molecule has 1 aliphatic rings. The van der Waals surface area contributed by atoms with Crippen LogP contribution in [-0.2, 0) is 15.6 Å². The SMILES string of the molecule is CC(C)(C)c1cc(/C=C2\SC(=Nc3ccc(Cl)cc3)NC2=O)cc(C(C)(C)C)c1O. The molecule has 1 fully saturated rings. The number of amidine groups is 1. The molecule has 2 N–H and O–H groups in total. The van der Waals surface area contributed by atoms with Crippen molar-refractivity contribution in [2.75, 3.05) is 0 Å². The van der Waals surface area contributed by atoms with E-state index in [0.29, 0.717) is 20.8 Å². The summed E-state index contributed by atoms with van der Waals surface area (Å²) in [6, 6.07) is 11.0. The molecule has 1 heterocycles. The summed E-state index contributed by atoms with van der Waals surface area (Å²) >= 11 is 7.21. The summed E-state index contributed by atoms with van der Waals surface area (Å²) < 4.78 is 0. The Morgan fingerprint density at radius 1 is 1.00 bits per heavy atom. The molecule has 6 heteroatoms. The Kier molecular flexibility index (Phi) is 6.08. The van der Waals surface area contributed by atoms with E-state index in [-0.39, 0.29) is 16.7 Å². The number of hydrogen-bond acceptors (Lipinski definition) is 4. The summed E-state index contributed by atoms with van der Waals surface area (Å²) in [5.74, 6) is 0.140. The van der Waals surface area contributed by atoms with Crippen LogP contribution >= 0.6 is 23.4 Å². The van der Waals surface area contributed by atoms with E-state index in [1.807, 2.05) is 18.2 Å². The van der Waals surface area contributed by atoms with Gasteiger partial charge >= 0.3 is 0 Å². The second-order valence-electron chi connectivity index (χ2n) is 9.42. The number of thioether (sulfide) groups is 1. The van der Waals surface area contributed by atoms with Crippen LogP contribution in [0.25, 0.3) is 6.08 Å². The predicted molar refractivity (Wildman–Crippen MR) is 128 cm³/mol. The van der Waals surface area contributed by atoms with Gasteiger partial charge in [-0.1, -0.05) is 53.1 Å². The van der Waals surface area contributed by atoms with Crippen LogP contribution < -0.4 is 5.32 Å². The Morgan fingerprint density at radius 2 is 1.53 bits per heavy atom. The number of hydrogen-bond donors (Lipinski definition) is 2. The fourth-order valence-corrected chi connectivity index (χ4v) is 4.12. The average Bonchev–Trinajstić information content (AvgIpc) is 2.95. The van der Waals surface area contributed by atoms with Gasteiger partial charge in [-0.3, -0.25) is 4.79 Å². The molecule has 2 aromatic carbocycles.